The van der Waals surface area contributed by atoms with Crippen LogP contribution in [0.15, 0.2) is 12.7 Å². The van der Waals surface area contributed by atoms with E-state index in [-0.39, 0.29) is 0 Å². The van der Waals surface area contributed by atoms with Crippen molar-refractivity contribution in [3.8, 4) is 0 Å². The summed E-state index contributed by atoms with van der Waals surface area (Å²) in [7, 11) is 1.69. The minimum absolute atomic E-state index is 0.399. The van der Waals surface area contributed by atoms with Crippen molar-refractivity contribution in [1.82, 2.24) is 5.01 Å². The number of nitrogens with two attached hydrogens (primary N) is 1. The molecule has 0 aromatic rings. The lowest BCUT2D eigenvalue weighted by atomic mass is 10.1. The number of aliphatic hydroxyl groups is 1. The highest BCUT2D eigenvalue weighted by molar-refractivity contribution is 4.92. The fourth-order valence-corrected chi connectivity index (χ4v) is 0.569. The van der Waals surface area contributed by atoms with E-state index in [1.807, 2.05) is 0 Å². The molecule has 0 aromatic heterocycles. The van der Waals surface area contributed by atoms with Crippen LogP contribution in [0.2, 0.25) is 0 Å². The topological polar surface area (TPSA) is 49.5 Å². The highest BCUT2D eigenvalue weighted by atomic mass is 16.3. The minimum Gasteiger partial charge on any atom is -0.385 e. The standard InChI is InChI=1S/C6H14N2O/c1-4-6(2,9)5-8(3)7/h4,9H,1,5,7H2,2-3H3. The Morgan fingerprint density at radius 1 is 1.89 bits per heavy atom. The Labute approximate surface area is 55.7 Å². The minimum atomic E-state index is -0.872. The van der Waals surface area contributed by atoms with Gasteiger partial charge in [-0.05, 0) is 6.92 Å². The second kappa shape index (κ2) is 2.96. The van der Waals surface area contributed by atoms with E-state index in [2.05, 4.69) is 6.58 Å². The first-order valence-corrected chi connectivity index (χ1v) is 2.80. The molecule has 0 amide bonds. The molecule has 0 aliphatic heterocycles. The lowest BCUT2D eigenvalue weighted by molar-refractivity contribution is 0.0719. The predicted molar refractivity (Wildman–Crippen MR) is 37.6 cm³/mol. The summed E-state index contributed by atoms with van der Waals surface area (Å²) < 4.78 is 0. The van der Waals surface area contributed by atoms with Gasteiger partial charge in [0.1, 0.15) is 0 Å². The molecule has 54 valence electrons. The predicted octanol–water partition coefficient (Wildman–Crippen LogP) is -0.271. The zero-order valence-corrected chi connectivity index (χ0v) is 5.96. The number of likely N-dealkylation sites (N-methyl/N-ethyl adjacent to an activating group) is 1. The molecule has 3 heteroatoms. The van der Waals surface area contributed by atoms with Crippen LogP contribution in [-0.4, -0.2) is 29.3 Å². The zero-order valence-electron chi connectivity index (χ0n) is 5.96. The van der Waals surface area contributed by atoms with E-state index in [1.54, 1.807) is 14.0 Å². The monoisotopic (exact) mass is 130 g/mol. The third-order valence-electron chi connectivity index (χ3n) is 1.01. The quantitative estimate of drug-likeness (QED) is 0.314. The van der Waals surface area contributed by atoms with Crippen LogP contribution in [0.4, 0.5) is 0 Å². The van der Waals surface area contributed by atoms with Crippen LogP contribution < -0.4 is 5.84 Å². The van der Waals surface area contributed by atoms with Gasteiger partial charge in [0, 0.05) is 13.6 Å². The Hall–Kier alpha value is -0.380. The molecule has 0 spiro atoms. The van der Waals surface area contributed by atoms with Gasteiger partial charge in [0.05, 0.1) is 5.60 Å². The van der Waals surface area contributed by atoms with Crippen LogP contribution in [0, 0.1) is 0 Å². The van der Waals surface area contributed by atoms with Crippen molar-refractivity contribution in [3.63, 3.8) is 0 Å². The molecule has 3 nitrogen and oxygen atoms in total. The average molecular weight is 130 g/mol. The molecule has 0 fully saturated rings. The van der Waals surface area contributed by atoms with Gasteiger partial charge in [-0.15, -0.1) is 6.58 Å². The maximum Gasteiger partial charge on any atom is 0.0937 e. The molecule has 9 heavy (non-hydrogen) atoms. The fraction of sp³-hybridized carbons (Fsp3) is 0.667. The van der Waals surface area contributed by atoms with Crippen molar-refractivity contribution in [2.75, 3.05) is 13.6 Å². The smallest absolute Gasteiger partial charge is 0.0937 e. The van der Waals surface area contributed by atoms with Gasteiger partial charge in [-0.1, -0.05) is 6.08 Å². The summed E-state index contributed by atoms with van der Waals surface area (Å²) in [6, 6.07) is 0. The van der Waals surface area contributed by atoms with Crippen molar-refractivity contribution in [2.45, 2.75) is 12.5 Å². The molecule has 0 bridgehead atoms. The van der Waals surface area contributed by atoms with Gasteiger partial charge in [-0.2, -0.15) is 0 Å². The zero-order chi connectivity index (χ0) is 7.49. The first kappa shape index (κ1) is 8.62. The summed E-state index contributed by atoms with van der Waals surface area (Å²) in [4.78, 5) is 0. The second-order valence-corrected chi connectivity index (χ2v) is 2.48. The molecule has 0 aromatic carbocycles. The van der Waals surface area contributed by atoms with Crippen LogP contribution in [0.1, 0.15) is 6.92 Å². The molecule has 1 unspecified atom stereocenters. The van der Waals surface area contributed by atoms with Gasteiger partial charge in [-0.3, -0.25) is 5.84 Å². The Kier molecular flexibility index (Phi) is 2.84. The summed E-state index contributed by atoms with van der Waals surface area (Å²) in [6.45, 7) is 5.51. The molecular formula is C6H14N2O. The van der Waals surface area contributed by atoms with Crippen LogP contribution >= 0.6 is 0 Å². The van der Waals surface area contributed by atoms with Gasteiger partial charge in [0.2, 0.25) is 0 Å². The van der Waals surface area contributed by atoms with Gasteiger partial charge < -0.3 is 5.11 Å². The number of nitrogens with zero attached hydrogens (tertiary/aromatic N) is 1. The molecule has 0 saturated carbocycles. The summed E-state index contributed by atoms with van der Waals surface area (Å²) >= 11 is 0. The van der Waals surface area contributed by atoms with Gasteiger partial charge in [0.25, 0.3) is 0 Å². The third kappa shape index (κ3) is 4.14. The number of hydrogen-bond donors (Lipinski definition) is 2. The Balaban J connectivity index is 3.71. The summed E-state index contributed by atoms with van der Waals surface area (Å²) in [5.41, 5.74) is -0.872. The van der Waals surface area contributed by atoms with Crippen LogP contribution in [0.25, 0.3) is 0 Å². The molecule has 0 heterocycles. The maximum absolute atomic E-state index is 9.25. The third-order valence-corrected chi connectivity index (χ3v) is 1.01. The van der Waals surface area contributed by atoms with Crippen molar-refractivity contribution in [1.29, 1.82) is 0 Å². The van der Waals surface area contributed by atoms with Gasteiger partial charge in [-0.25, -0.2) is 5.01 Å². The van der Waals surface area contributed by atoms with E-state index in [0.717, 1.165) is 0 Å². The first-order chi connectivity index (χ1) is 3.98. The second-order valence-electron chi connectivity index (χ2n) is 2.48. The first-order valence-electron chi connectivity index (χ1n) is 2.80. The van der Waals surface area contributed by atoms with Crippen molar-refractivity contribution in [2.24, 2.45) is 5.84 Å². The van der Waals surface area contributed by atoms with Gasteiger partial charge >= 0.3 is 0 Å². The Bertz CT molecular complexity index is 99.2. The van der Waals surface area contributed by atoms with Crippen LogP contribution in [0.3, 0.4) is 0 Å². The van der Waals surface area contributed by atoms with E-state index >= 15 is 0 Å². The Morgan fingerprint density at radius 2 is 2.33 bits per heavy atom. The molecule has 0 saturated heterocycles. The lowest BCUT2D eigenvalue weighted by Crippen LogP contribution is -2.40. The molecular weight excluding hydrogens is 116 g/mol. The molecule has 1 atom stereocenters. The van der Waals surface area contributed by atoms with E-state index in [1.165, 1.54) is 11.1 Å². The van der Waals surface area contributed by atoms with E-state index in [9.17, 15) is 5.11 Å². The number of hydrogen-bond acceptors (Lipinski definition) is 3. The van der Waals surface area contributed by atoms with Crippen molar-refractivity contribution >= 4 is 0 Å². The van der Waals surface area contributed by atoms with Crippen molar-refractivity contribution < 1.29 is 5.11 Å². The van der Waals surface area contributed by atoms with Crippen LogP contribution in [0.5, 0.6) is 0 Å². The molecule has 3 N–H and O–H groups in total. The number of hydrazine groups is 1. The summed E-state index contributed by atoms with van der Waals surface area (Å²) in [5, 5.41) is 10.7. The highest BCUT2D eigenvalue weighted by Gasteiger charge is 2.15. The van der Waals surface area contributed by atoms with E-state index in [4.69, 9.17) is 5.84 Å². The van der Waals surface area contributed by atoms with Gasteiger partial charge in [0.15, 0.2) is 0 Å². The fourth-order valence-electron chi connectivity index (χ4n) is 0.569. The molecule has 0 radical (unpaired) electrons. The SMILES string of the molecule is C=CC(C)(O)CN(C)N. The maximum atomic E-state index is 9.25. The van der Waals surface area contributed by atoms with E-state index in [0.29, 0.717) is 6.54 Å². The molecule has 0 aliphatic carbocycles. The number of rotatable bonds is 3. The molecule has 0 rings (SSSR count). The summed E-state index contributed by atoms with van der Waals surface area (Å²) in [5.74, 6) is 5.28. The normalized spacial score (nSPS) is 17.4. The highest BCUT2D eigenvalue weighted by Crippen LogP contribution is 2.02. The largest absolute Gasteiger partial charge is 0.385 e. The Morgan fingerprint density at radius 3 is 2.44 bits per heavy atom. The lowest BCUT2D eigenvalue weighted by Gasteiger charge is -2.22. The van der Waals surface area contributed by atoms with E-state index < -0.39 is 5.60 Å². The van der Waals surface area contributed by atoms with Crippen molar-refractivity contribution in [3.05, 3.63) is 12.7 Å². The van der Waals surface area contributed by atoms with Crippen LogP contribution in [-0.2, 0) is 0 Å². The summed E-state index contributed by atoms with van der Waals surface area (Å²) in [6.07, 6.45) is 1.47. The average Bonchev–Trinajstić information content (AvgIpc) is 1.63. The molecule has 0 aliphatic rings.